The Kier molecular flexibility index (Phi) is 18.7. The van der Waals surface area contributed by atoms with Crippen molar-refractivity contribution in [1.29, 1.82) is 0 Å². The molecule has 0 fully saturated rings. The normalized spacial score (nSPS) is 11.2. The third-order valence-electron chi connectivity index (χ3n) is 9.41. The van der Waals surface area contributed by atoms with Gasteiger partial charge in [-0.1, -0.05) is 59.6 Å². The average molecular weight is 1150 g/mol. The van der Waals surface area contributed by atoms with E-state index < -0.39 is 53.6 Å². The number of sulfone groups is 2. The van der Waals surface area contributed by atoms with Gasteiger partial charge in [0.15, 0.2) is 31.3 Å². The van der Waals surface area contributed by atoms with E-state index in [9.17, 15) is 26.9 Å². The molecular weight excluding hydrogens is 1100 g/mol. The molecule has 0 saturated heterocycles. The minimum absolute atomic E-state index is 0.00486. The van der Waals surface area contributed by atoms with Gasteiger partial charge >= 0.3 is 25.3 Å². The standard InChI is InChI=1S/C21H22ClN5O4S.C21H24ClN5O2S.2O.Pt/c1-13(2)32(30,31)19-7-5-4-6-18(19)25-20-17(22)12-24-21(26-20)23-11-15-10-16(27(28)29)9-8-14(15)3;1-13(2)30(28,29)19-7-5-4-6-18(19)26-20-17(22)12-25-21(27-20)24-11-15-10-16(23)9-8-14(15)3;;;/h4-10,12-13H,11H2,1-3H3,(H2,23,24,25,26);4-10,12-13H,11,23H2,1-3H3,(H2,24,25,26,27);;;. The summed E-state index contributed by atoms with van der Waals surface area (Å²) in [7, 11) is -7.01. The average Bonchev–Trinajstić information content (AvgIpc) is 3.26. The number of aryl methyl sites for hydroxylation is 2. The van der Waals surface area contributed by atoms with Crippen LogP contribution in [0.15, 0.2) is 107 Å². The number of aromatic nitrogens is 4. The van der Waals surface area contributed by atoms with E-state index in [1.807, 2.05) is 32.0 Å². The van der Waals surface area contributed by atoms with Gasteiger partial charge in [-0.25, -0.2) is 26.8 Å². The molecule has 0 amide bonds. The van der Waals surface area contributed by atoms with Crippen LogP contribution in [0.1, 0.15) is 49.9 Å². The zero-order valence-corrected chi connectivity index (χ0v) is 41.2. The number of nitrogens with one attached hydrogen (secondary N) is 4. The molecular formula is C42H46Cl2N10O8PtS2. The number of nitro groups is 1. The van der Waals surface area contributed by atoms with Crippen LogP contribution in [0.4, 0.5) is 46.3 Å². The summed E-state index contributed by atoms with van der Waals surface area (Å²) >= 11 is 10.6. The second kappa shape index (κ2) is 23.4. The summed E-state index contributed by atoms with van der Waals surface area (Å²) in [5.74, 6) is 1.12. The molecule has 65 heavy (non-hydrogen) atoms. The first-order chi connectivity index (χ1) is 30.7. The monoisotopic (exact) mass is 1150 g/mol. The number of benzene rings is 4. The van der Waals surface area contributed by atoms with E-state index in [2.05, 4.69) is 41.2 Å². The molecule has 0 radical (unpaired) electrons. The number of nitrogens with zero attached hydrogens (tertiary/aromatic N) is 5. The van der Waals surface area contributed by atoms with Gasteiger partial charge in [0.05, 0.1) is 49.0 Å². The van der Waals surface area contributed by atoms with E-state index in [0.717, 1.165) is 22.3 Å². The Bertz CT molecular complexity index is 2920. The number of hydrogen-bond donors (Lipinski definition) is 5. The number of nitrogen functional groups attached to an aromatic ring is 1. The van der Waals surface area contributed by atoms with Gasteiger partial charge in [0.2, 0.25) is 11.9 Å². The van der Waals surface area contributed by atoms with E-state index >= 15 is 0 Å². The van der Waals surface area contributed by atoms with Crippen LogP contribution < -0.4 is 27.0 Å². The summed E-state index contributed by atoms with van der Waals surface area (Å²) in [6.07, 6.45) is 2.85. The Morgan fingerprint density at radius 1 is 0.677 bits per heavy atom. The van der Waals surface area contributed by atoms with Crippen LogP contribution in [0.25, 0.3) is 0 Å². The van der Waals surface area contributed by atoms with E-state index in [-0.39, 0.29) is 43.8 Å². The molecule has 2 heterocycles. The summed E-state index contributed by atoms with van der Waals surface area (Å²) in [6, 6.07) is 23.5. The first-order valence-corrected chi connectivity index (χ1v) is 25.1. The van der Waals surface area contributed by atoms with Gasteiger partial charge in [-0.2, -0.15) is 9.97 Å². The van der Waals surface area contributed by atoms with Crippen LogP contribution >= 0.6 is 23.2 Å². The van der Waals surface area contributed by atoms with Crippen LogP contribution in [-0.2, 0) is 58.0 Å². The molecule has 2 aromatic heterocycles. The molecule has 0 bridgehead atoms. The molecule has 0 atom stereocenters. The van der Waals surface area contributed by atoms with Crippen LogP contribution in [0.5, 0.6) is 0 Å². The Labute approximate surface area is 395 Å². The third kappa shape index (κ3) is 14.1. The molecule has 4 aromatic carbocycles. The Morgan fingerprint density at radius 2 is 1.08 bits per heavy atom. The van der Waals surface area contributed by atoms with E-state index in [0.29, 0.717) is 35.4 Å². The molecule has 0 unspecified atom stereocenters. The Balaban J connectivity index is 0.000000269. The van der Waals surface area contributed by atoms with Gasteiger partial charge in [-0.15, -0.1) is 0 Å². The molecule has 0 aliphatic heterocycles. The fourth-order valence-corrected chi connectivity index (χ4v) is 8.35. The van der Waals surface area contributed by atoms with E-state index in [4.69, 9.17) is 35.7 Å². The van der Waals surface area contributed by atoms with Crippen molar-refractivity contribution in [3.05, 3.63) is 140 Å². The molecule has 23 heteroatoms. The molecule has 0 saturated carbocycles. The van der Waals surface area contributed by atoms with Gasteiger partial charge in [0, 0.05) is 30.9 Å². The quantitative estimate of drug-likeness (QED) is 0.0364. The van der Waals surface area contributed by atoms with E-state index in [1.54, 1.807) is 76.2 Å². The van der Waals surface area contributed by atoms with Gasteiger partial charge in [0.25, 0.3) is 5.69 Å². The number of hydrogen-bond acceptors (Lipinski definition) is 17. The van der Waals surface area contributed by atoms with Gasteiger partial charge in [-0.05, 0) is 100 Å². The number of anilines is 7. The van der Waals surface area contributed by atoms with Crippen molar-refractivity contribution in [2.75, 3.05) is 27.0 Å². The van der Waals surface area contributed by atoms with E-state index in [1.165, 1.54) is 30.6 Å². The van der Waals surface area contributed by atoms with Crippen LogP contribution in [0.3, 0.4) is 0 Å². The van der Waals surface area contributed by atoms with Crippen molar-refractivity contribution in [3.8, 4) is 0 Å². The van der Waals surface area contributed by atoms with Crippen molar-refractivity contribution in [2.45, 2.75) is 74.9 Å². The Morgan fingerprint density at radius 3 is 1.49 bits per heavy atom. The maximum atomic E-state index is 12.7. The van der Waals surface area contributed by atoms with Crippen molar-refractivity contribution in [1.82, 2.24) is 19.9 Å². The number of nitrogens with two attached hydrogens (primary N) is 1. The second-order valence-corrected chi connectivity index (χ2v) is 20.7. The summed E-state index contributed by atoms with van der Waals surface area (Å²) in [4.78, 5) is 28.0. The third-order valence-corrected chi connectivity index (χ3v) is 14.4. The first kappa shape index (κ1) is 51.8. The molecule has 6 N–H and O–H groups in total. The molecule has 348 valence electrons. The number of halogens is 2. The van der Waals surface area contributed by atoms with Crippen LogP contribution in [0.2, 0.25) is 10.0 Å². The van der Waals surface area contributed by atoms with Crippen molar-refractivity contribution in [3.63, 3.8) is 0 Å². The zero-order chi connectivity index (χ0) is 48.1. The molecule has 0 aliphatic carbocycles. The second-order valence-electron chi connectivity index (χ2n) is 14.5. The molecule has 6 aromatic rings. The molecule has 6 rings (SSSR count). The van der Waals surface area contributed by atoms with Crippen LogP contribution in [0, 0.1) is 24.0 Å². The summed E-state index contributed by atoms with van der Waals surface area (Å²) in [5, 5.41) is 22.6. The van der Waals surface area contributed by atoms with Crippen LogP contribution in [-0.4, -0.2) is 52.2 Å². The summed E-state index contributed by atoms with van der Waals surface area (Å²) in [6.45, 7) is 11.1. The van der Waals surface area contributed by atoms with Gasteiger partial charge < -0.3 is 27.0 Å². The first-order valence-electron chi connectivity index (χ1n) is 19.3. The summed E-state index contributed by atoms with van der Waals surface area (Å²) in [5.41, 5.74) is 11.0. The summed E-state index contributed by atoms with van der Waals surface area (Å²) < 4.78 is 67.7. The van der Waals surface area contributed by atoms with Gasteiger partial charge in [0.1, 0.15) is 10.0 Å². The number of nitro benzene ring substituents is 1. The molecule has 0 spiro atoms. The molecule has 0 aliphatic rings. The number of para-hydroxylation sites is 2. The number of non-ortho nitro benzene ring substituents is 1. The fourth-order valence-electron chi connectivity index (χ4n) is 5.67. The van der Waals surface area contributed by atoms with Crippen molar-refractivity contribution < 1.29 is 47.0 Å². The fraction of sp³-hybridized carbons (Fsp3) is 0.238. The Hall–Kier alpha value is -5.79. The SMILES string of the molecule is Cc1ccc(N)cc1CNc1ncc(Cl)c(Nc2ccccc2S(=O)(=O)C(C)C)n1.Cc1ccc([N+](=O)[O-])cc1CNc1ncc(Cl)c(Nc2ccccc2S(=O)(=O)C(C)C)n1.[O]=[Pt]=[O]. The predicted molar refractivity (Wildman–Crippen MR) is 248 cm³/mol. The zero-order valence-electron chi connectivity index (χ0n) is 35.8. The maximum absolute atomic E-state index is 12.7. The minimum atomic E-state index is -3.53. The van der Waals surface area contributed by atoms with Gasteiger partial charge in [-0.3, -0.25) is 10.1 Å². The number of rotatable bonds is 15. The molecule has 18 nitrogen and oxygen atoms in total. The van der Waals surface area contributed by atoms with Crippen molar-refractivity contribution in [2.24, 2.45) is 0 Å². The topological polar surface area (TPSA) is 271 Å². The van der Waals surface area contributed by atoms with Crippen molar-refractivity contribution >= 4 is 89.2 Å². The predicted octanol–water partition coefficient (Wildman–Crippen LogP) is 9.20.